The van der Waals surface area contributed by atoms with Gasteiger partial charge in [-0.15, -0.1) is 11.3 Å². The highest BCUT2D eigenvalue weighted by molar-refractivity contribution is 7.09. The third-order valence-electron chi connectivity index (χ3n) is 3.04. The number of amides is 1. The van der Waals surface area contributed by atoms with Gasteiger partial charge in [0.15, 0.2) is 0 Å². The summed E-state index contributed by atoms with van der Waals surface area (Å²) in [7, 11) is 0. The molecule has 2 rings (SSSR count). The highest BCUT2D eigenvalue weighted by Crippen LogP contribution is 2.13. The van der Waals surface area contributed by atoms with Gasteiger partial charge in [0, 0.05) is 24.7 Å². The minimum atomic E-state index is 0.0995. The van der Waals surface area contributed by atoms with Crippen molar-refractivity contribution in [3.63, 3.8) is 0 Å². The number of thiazole rings is 1. The Kier molecular flexibility index (Phi) is 6.37. The first-order chi connectivity index (χ1) is 10.3. The lowest BCUT2D eigenvalue weighted by molar-refractivity contribution is -0.133. The van der Waals surface area contributed by atoms with Gasteiger partial charge >= 0.3 is 0 Å². The predicted molar refractivity (Wildman–Crippen MR) is 83.9 cm³/mol. The van der Waals surface area contributed by atoms with Crippen molar-refractivity contribution < 1.29 is 9.53 Å². The van der Waals surface area contributed by atoms with Crippen molar-refractivity contribution in [2.45, 2.75) is 26.4 Å². The monoisotopic (exact) mass is 304 g/mol. The maximum atomic E-state index is 12.4. The smallest absolute Gasteiger partial charge is 0.225 e. The molecule has 0 bridgehead atoms. The fourth-order valence-electron chi connectivity index (χ4n) is 1.99. The van der Waals surface area contributed by atoms with E-state index in [-0.39, 0.29) is 5.91 Å². The number of benzene rings is 1. The molecule has 2 aromatic rings. The lowest BCUT2D eigenvalue weighted by Crippen LogP contribution is -2.30. The summed E-state index contributed by atoms with van der Waals surface area (Å²) in [4.78, 5) is 18.5. The summed E-state index contributed by atoms with van der Waals surface area (Å²) in [6.07, 6.45) is 2.18. The molecule has 0 aliphatic heterocycles. The van der Waals surface area contributed by atoms with E-state index in [0.29, 0.717) is 32.7 Å². The Labute approximate surface area is 129 Å². The van der Waals surface area contributed by atoms with Crippen LogP contribution in [0.2, 0.25) is 0 Å². The van der Waals surface area contributed by atoms with Crippen LogP contribution in [0.5, 0.6) is 0 Å². The van der Waals surface area contributed by atoms with E-state index in [1.807, 2.05) is 47.5 Å². The van der Waals surface area contributed by atoms with Crippen LogP contribution >= 0.6 is 11.3 Å². The van der Waals surface area contributed by atoms with Crippen molar-refractivity contribution in [3.05, 3.63) is 52.5 Å². The fraction of sp³-hybridized carbons (Fsp3) is 0.375. The topological polar surface area (TPSA) is 42.4 Å². The Morgan fingerprint density at radius 1 is 1.29 bits per heavy atom. The zero-order valence-electron chi connectivity index (χ0n) is 12.2. The Bertz CT molecular complexity index is 528. The largest absolute Gasteiger partial charge is 0.381 e. The minimum Gasteiger partial charge on any atom is -0.381 e. The van der Waals surface area contributed by atoms with Gasteiger partial charge in [-0.3, -0.25) is 4.79 Å². The number of rotatable bonds is 8. The van der Waals surface area contributed by atoms with Crippen LogP contribution in [-0.2, 0) is 22.6 Å². The van der Waals surface area contributed by atoms with E-state index in [9.17, 15) is 4.79 Å². The third kappa shape index (κ3) is 5.28. The van der Waals surface area contributed by atoms with E-state index >= 15 is 0 Å². The van der Waals surface area contributed by atoms with Gasteiger partial charge in [0.05, 0.1) is 19.6 Å². The minimum absolute atomic E-state index is 0.0995. The summed E-state index contributed by atoms with van der Waals surface area (Å²) in [5, 5.41) is 2.89. The molecule has 0 saturated carbocycles. The maximum absolute atomic E-state index is 12.4. The summed E-state index contributed by atoms with van der Waals surface area (Å²) in [6, 6.07) is 10.0. The molecule has 4 nitrogen and oxygen atoms in total. The number of hydrogen-bond acceptors (Lipinski definition) is 4. The van der Waals surface area contributed by atoms with E-state index in [1.165, 1.54) is 0 Å². The summed E-state index contributed by atoms with van der Waals surface area (Å²) in [5.74, 6) is 0.0995. The number of hydrogen-bond donors (Lipinski definition) is 0. The van der Waals surface area contributed by atoms with E-state index in [4.69, 9.17) is 4.74 Å². The molecule has 21 heavy (non-hydrogen) atoms. The van der Waals surface area contributed by atoms with Crippen LogP contribution in [0.25, 0.3) is 0 Å². The molecule has 0 N–H and O–H groups in total. The quantitative estimate of drug-likeness (QED) is 0.704. The van der Waals surface area contributed by atoms with Gasteiger partial charge in [-0.25, -0.2) is 4.98 Å². The van der Waals surface area contributed by atoms with E-state index < -0.39 is 0 Å². The van der Waals surface area contributed by atoms with Gasteiger partial charge in [0.25, 0.3) is 0 Å². The molecular weight excluding hydrogens is 284 g/mol. The molecule has 0 fully saturated rings. The summed E-state index contributed by atoms with van der Waals surface area (Å²) < 4.78 is 5.28. The number of aromatic nitrogens is 1. The summed E-state index contributed by atoms with van der Waals surface area (Å²) in [5.41, 5.74) is 1.12. The van der Waals surface area contributed by atoms with Crippen LogP contribution in [0.1, 0.15) is 23.9 Å². The van der Waals surface area contributed by atoms with Crippen molar-refractivity contribution in [1.29, 1.82) is 0 Å². The van der Waals surface area contributed by atoms with Gasteiger partial charge in [-0.1, -0.05) is 30.3 Å². The van der Waals surface area contributed by atoms with Crippen LogP contribution in [-0.4, -0.2) is 29.0 Å². The van der Waals surface area contributed by atoms with Crippen molar-refractivity contribution in [1.82, 2.24) is 9.88 Å². The molecule has 0 spiro atoms. The molecular formula is C16H20N2O2S. The molecule has 1 aromatic carbocycles. The highest BCUT2D eigenvalue weighted by atomic mass is 32.1. The predicted octanol–water partition coefficient (Wildman–Crippen LogP) is 3.10. The van der Waals surface area contributed by atoms with Gasteiger partial charge < -0.3 is 9.64 Å². The molecule has 0 aliphatic rings. The highest BCUT2D eigenvalue weighted by Gasteiger charge is 2.15. The normalized spacial score (nSPS) is 10.5. The number of nitrogens with zero attached hydrogens (tertiary/aromatic N) is 2. The van der Waals surface area contributed by atoms with Crippen molar-refractivity contribution in [3.8, 4) is 0 Å². The lowest BCUT2D eigenvalue weighted by atomic mass is 10.2. The third-order valence-corrected chi connectivity index (χ3v) is 3.81. The summed E-state index contributed by atoms with van der Waals surface area (Å²) >= 11 is 1.57. The first-order valence-corrected chi connectivity index (χ1v) is 7.95. The number of carbonyl (C=O) groups excluding carboxylic acids is 1. The molecule has 1 aromatic heterocycles. The molecule has 1 amide bonds. The van der Waals surface area contributed by atoms with E-state index in [2.05, 4.69) is 4.98 Å². The Morgan fingerprint density at radius 3 is 2.76 bits per heavy atom. The number of ether oxygens (including phenoxy) is 1. The van der Waals surface area contributed by atoms with Crippen LogP contribution in [0, 0.1) is 0 Å². The van der Waals surface area contributed by atoms with Gasteiger partial charge in [-0.05, 0) is 12.5 Å². The van der Waals surface area contributed by atoms with E-state index in [0.717, 1.165) is 10.6 Å². The van der Waals surface area contributed by atoms with Gasteiger partial charge in [-0.2, -0.15) is 0 Å². The molecule has 0 aliphatic carbocycles. The first-order valence-electron chi connectivity index (χ1n) is 7.07. The van der Waals surface area contributed by atoms with Crippen molar-refractivity contribution >= 4 is 17.2 Å². The lowest BCUT2D eigenvalue weighted by Gasteiger charge is -2.22. The second kappa shape index (κ2) is 8.54. The molecule has 0 radical (unpaired) electrons. The van der Waals surface area contributed by atoms with Crippen molar-refractivity contribution in [2.24, 2.45) is 0 Å². The van der Waals surface area contributed by atoms with Crippen LogP contribution < -0.4 is 0 Å². The van der Waals surface area contributed by atoms with Crippen LogP contribution in [0.15, 0.2) is 41.9 Å². The molecule has 0 atom stereocenters. The second-order valence-corrected chi connectivity index (χ2v) is 5.59. The average molecular weight is 304 g/mol. The Hall–Kier alpha value is -1.72. The maximum Gasteiger partial charge on any atom is 0.225 e. The van der Waals surface area contributed by atoms with Gasteiger partial charge in [0.1, 0.15) is 5.01 Å². The average Bonchev–Trinajstić information content (AvgIpc) is 3.01. The molecule has 112 valence electrons. The molecule has 1 heterocycles. The molecule has 0 unspecified atom stereocenters. The standard InChI is InChI=1S/C16H20N2O2S/c1-2-20-10-8-16(19)18(13-15-17-9-11-21-15)12-14-6-4-3-5-7-14/h3-7,9,11H,2,8,10,12-13H2,1H3. The SMILES string of the molecule is CCOCCC(=O)N(Cc1ccccc1)Cc1nccs1. The summed E-state index contributed by atoms with van der Waals surface area (Å²) in [6.45, 7) is 4.20. The van der Waals surface area contributed by atoms with Crippen LogP contribution in [0.3, 0.4) is 0 Å². The Morgan fingerprint density at radius 2 is 2.10 bits per heavy atom. The fourth-order valence-corrected chi connectivity index (χ4v) is 2.62. The Balaban J connectivity index is 2.00. The zero-order valence-corrected chi connectivity index (χ0v) is 13.0. The number of carbonyl (C=O) groups is 1. The second-order valence-electron chi connectivity index (χ2n) is 4.61. The zero-order chi connectivity index (χ0) is 14.9. The molecule has 5 heteroatoms. The van der Waals surface area contributed by atoms with Crippen LogP contribution in [0.4, 0.5) is 0 Å². The van der Waals surface area contributed by atoms with E-state index in [1.54, 1.807) is 17.5 Å². The van der Waals surface area contributed by atoms with Crippen molar-refractivity contribution in [2.75, 3.05) is 13.2 Å². The molecule has 0 saturated heterocycles. The first kappa shape index (κ1) is 15.7. The van der Waals surface area contributed by atoms with Gasteiger partial charge in [0.2, 0.25) is 5.91 Å².